The third-order valence-electron chi connectivity index (χ3n) is 6.04. The Balaban J connectivity index is 1.38. The maximum Gasteiger partial charge on any atom is 0.235 e. The summed E-state index contributed by atoms with van der Waals surface area (Å²) in [5.41, 5.74) is 4.46. The summed E-state index contributed by atoms with van der Waals surface area (Å²) in [6, 6.07) is 10.2. The number of fused-ring (bicyclic) bond motifs is 4. The Bertz CT molecular complexity index is 1430. The summed E-state index contributed by atoms with van der Waals surface area (Å²) in [5, 5.41) is 23.7. The molecule has 9 heteroatoms. The number of benzene rings is 1. The van der Waals surface area contributed by atoms with Gasteiger partial charge in [0.1, 0.15) is 16.8 Å². The number of anilines is 1. The Hall–Kier alpha value is -3.09. The van der Waals surface area contributed by atoms with Crippen LogP contribution in [0.5, 0.6) is 5.75 Å². The molecule has 1 N–H and O–H groups in total. The van der Waals surface area contributed by atoms with Gasteiger partial charge in [-0.1, -0.05) is 18.7 Å². The molecule has 1 aliphatic rings. The van der Waals surface area contributed by atoms with E-state index >= 15 is 0 Å². The summed E-state index contributed by atoms with van der Waals surface area (Å²) in [6.45, 7) is 4.22. The third-order valence-corrected chi connectivity index (χ3v) is 8.14. The van der Waals surface area contributed by atoms with Crippen molar-refractivity contribution in [3.63, 3.8) is 0 Å². The maximum absolute atomic E-state index is 12.8. The van der Waals surface area contributed by atoms with Crippen molar-refractivity contribution in [2.75, 3.05) is 18.2 Å². The van der Waals surface area contributed by atoms with Gasteiger partial charge in [-0.25, -0.2) is 0 Å². The normalized spacial score (nSPS) is 15.4. The fraction of sp³-hybridized carbons (Fsp3) is 0.333. The molecular formula is C24H23N5O2S2. The smallest absolute Gasteiger partial charge is 0.235 e. The topological polar surface area (TPSA) is 92.3 Å². The molecule has 3 heterocycles. The number of thioether (sulfide) groups is 1. The van der Waals surface area contributed by atoms with Crippen LogP contribution in [0, 0.1) is 24.2 Å². The minimum absolute atomic E-state index is 0.154. The van der Waals surface area contributed by atoms with Crippen LogP contribution < -0.4 is 10.1 Å². The second-order valence-electron chi connectivity index (χ2n) is 8.40. The number of nitriles is 1. The number of amides is 1. The summed E-state index contributed by atoms with van der Waals surface area (Å²) < 4.78 is 7.34. The van der Waals surface area contributed by atoms with Gasteiger partial charge in [-0.05, 0) is 67.5 Å². The molecular weight excluding hydrogens is 454 g/mol. The lowest BCUT2D eigenvalue weighted by Crippen LogP contribution is -2.14. The van der Waals surface area contributed by atoms with Crippen LogP contribution in [0.2, 0.25) is 0 Å². The van der Waals surface area contributed by atoms with E-state index in [2.05, 4.69) is 34.6 Å². The molecule has 1 atom stereocenters. The standard InChI is InChI=1S/C24H23N5O2S2/c1-13-4-6-17-18(11-25)23(33-20(17)8-13)26-21(30)12-32-24-28-27-22-14(2)9-15-10-16(31-3)5-7-19(15)29(22)24/h5,7,9-10,13H,4,6,8,12H2,1-3H3,(H,26,30)/t13-/m1/s1. The van der Waals surface area contributed by atoms with Crippen molar-refractivity contribution in [3.8, 4) is 11.8 Å². The molecule has 5 rings (SSSR count). The SMILES string of the molecule is COc1ccc2c(c1)cc(C)c1nnc(SCC(=O)Nc3sc4c(c3C#N)CC[C@@H](C)C4)n12. The van der Waals surface area contributed by atoms with Crippen LogP contribution in [0.1, 0.15) is 34.9 Å². The quantitative estimate of drug-likeness (QED) is 0.407. The number of aryl methyl sites for hydroxylation is 1. The monoisotopic (exact) mass is 477 g/mol. The first-order valence-corrected chi connectivity index (χ1v) is 12.6. The zero-order chi connectivity index (χ0) is 23.1. The molecule has 0 radical (unpaired) electrons. The summed E-state index contributed by atoms with van der Waals surface area (Å²) in [7, 11) is 1.65. The van der Waals surface area contributed by atoms with Crippen LogP contribution in [-0.2, 0) is 17.6 Å². The zero-order valence-electron chi connectivity index (χ0n) is 18.6. The highest BCUT2D eigenvalue weighted by molar-refractivity contribution is 7.99. The molecule has 1 amide bonds. The first-order valence-electron chi connectivity index (χ1n) is 10.8. The fourth-order valence-electron chi connectivity index (χ4n) is 4.36. The predicted molar refractivity (Wildman–Crippen MR) is 131 cm³/mol. The average Bonchev–Trinajstić information content (AvgIpc) is 3.38. The summed E-state index contributed by atoms with van der Waals surface area (Å²) in [6.07, 6.45) is 2.96. The number of carbonyl (C=O) groups excluding carboxylic acids is 1. The molecule has 0 spiro atoms. The number of rotatable bonds is 5. The number of thiophene rings is 1. The minimum atomic E-state index is -0.154. The van der Waals surface area contributed by atoms with Crippen LogP contribution in [0.25, 0.3) is 16.6 Å². The van der Waals surface area contributed by atoms with Gasteiger partial charge in [-0.15, -0.1) is 21.5 Å². The highest BCUT2D eigenvalue weighted by atomic mass is 32.2. The third kappa shape index (κ3) is 3.94. The lowest BCUT2D eigenvalue weighted by atomic mass is 9.89. The molecule has 4 aromatic rings. The van der Waals surface area contributed by atoms with Gasteiger partial charge < -0.3 is 10.1 Å². The Labute approximate surface area is 199 Å². The van der Waals surface area contributed by atoms with Gasteiger partial charge in [0.2, 0.25) is 5.91 Å². The van der Waals surface area contributed by atoms with Gasteiger partial charge >= 0.3 is 0 Å². The van der Waals surface area contributed by atoms with Gasteiger partial charge in [0, 0.05) is 10.3 Å². The van der Waals surface area contributed by atoms with E-state index in [0.717, 1.165) is 52.7 Å². The first kappa shape index (κ1) is 21.7. The van der Waals surface area contributed by atoms with Gasteiger partial charge in [-0.2, -0.15) is 5.26 Å². The summed E-state index contributed by atoms with van der Waals surface area (Å²) in [5.74, 6) is 1.42. The van der Waals surface area contributed by atoms with E-state index in [1.165, 1.54) is 16.6 Å². The lowest BCUT2D eigenvalue weighted by molar-refractivity contribution is -0.113. The number of hydrogen-bond acceptors (Lipinski definition) is 7. The number of ether oxygens (including phenoxy) is 1. The number of aromatic nitrogens is 3. The second-order valence-corrected chi connectivity index (χ2v) is 10.4. The number of pyridine rings is 1. The lowest BCUT2D eigenvalue weighted by Gasteiger charge is -2.17. The van der Waals surface area contributed by atoms with Crippen LogP contribution in [0.4, 0.5) is 5.00 Å². The van der Waals surface area contributed by atoms with E-state index < -0.39 is 0 Å². The van der Waals surface area contributed by atoms with Crippen molar-refractivity contribution in [1.82, 2.24) is 14.6 Å². The molecule has 1 aliphatic carbocycles. The number of hydrogen-bond donors (Lipinski definition) is 1. The van der Waals surface area contributed by atoms with E-state index in [0.29, 0.717) is 21.6 Å². The molecule has 7 nitrogen and oxygen atoms in total. The van der Waals surface area contributed by atoms with Gasteiger partial charge in [0.25, 0.3) is 0 Å². The molecule has 1 aromatic carbocycles. The van der Waals surface area contributed by atoms with Gasteiger partial charge in [-0.3, -0.25) is 9.20 Å². The fourth-order valence-corrected chi connectivity index (χ4v) is 6.48. The molecule has 0 saturated carbocycles. The van der Waals surface area contributed by atoms with Crippen molar-refractivity contribution in [1.29, 1.82) is 5.26 Å². The van der Waals surface area contributed by atoms with Crippen molar-refractivity contribution in [3.05, 3.63) is 45.8 Å². The van der Waals surface area contributed by atoms with Gasteiger partial charge in [0.05, 0.1) is 23.9 Å². The van der Waals surface area contributed by atoms with Crippen molar-refractivity contribution < 1.29 is 9.53 Å². The molecule has 0 unspecified atom stereocenters. The van der Waals surface area contributed by atoms with Crippen LogP contribution in [0.15, 0.2) is 29.4 Å². The molecule has 33 heavy (non-hydrogen) atoms. The number of nitrogens with zero attached hydrogens (tertiary/aromatic N) is 4. The maximum atomic E-state index is 12.8. The van der Waals surface area contributed by atoms with E-state index in [4.69, 9.17) is 4.74 Å². The molecule has 0 saturated heterocycles. The largest absolute Gasteiger partial charge is 0.497 e. The average molecular weight is 478 g/mol. The van der Waals surface area contributed by atoms with Crippen molar-refractivity contribution in [2.45, 2.75) is 38.3 Å². The Morgan fingerprint density at radius 3 is 3.03 bits per heavy atom. The molecule has 0 fully saturated rings. The second kappa shape index (κ2) is 8.69. The van der Waals surface area contributed by atoms with E-state index in [-0.39, 0.29) is 11.7 Å². The Kier molecular flexibility index (Phi) is 5.72. The highest BCUT2D eigenvalue weighted by Gasteiger charge is 2.25. The van der Waals surface area contributed by atoms with Crippen LogP contribution in [0.3, 0.4) is 0 Å². The first-order chi connectivity index (χ1) is 16.0. The van der Waals surface area contributed by atoms with Crippen LogP contribution in [-0.4, -0.2) is 33.4 Å². The predicted octanol–water partition coefficient (Wildman–Crippen LogP) is 4.99. The molecule has 168 valence electrons. The van der Waals surface area contributed by atoms with E-state index in [9.17, 15) is 10.1 Å². The summed E-state index contributed by atoms with van der Waals surface area (Å²) >= 11 is 2.88. The van der Waals surface area contributed by atoms with E-state index in [1.54, 1.807) is 18.4 Å². The van der Waals surface area contributed by atoms with E-state index in [1.807, 2.05) is 29.5 Å². The Morgan fingerprint density at radius 1 is 1.39 bits per heavy atom. The molecule has 3 aromatic heterocycles. The van der Waals surface area contributed by atoms with Crippen molar-refractivity contribution in [2.24, 2.45) is 5.92 Å². The number of nitrogens with one attached hydrogen (secondary N) is 1. The summed E-state index contributed by atoms with van der Waals surface area (Å²) in [4.78, 5) is 14.0. The van der Waals surface area contributed by atoms with Gasteiger partial charge in [0.15, 0.2) is 10.8 Å². The Morgan fingerprint density at radius 2 is 2.24 bits per heavy atom. The minimum Gasteiger partial charge on any atom is -0.497 e. The highest BCUT2D eigenvalue weighted by Crippen LogP contribution is 2.39. The zero-order valence-corrected chi connectivity index (χ0v) is 20.3. The number of carbonyl (C=O) groups is 1. The molecule has 0 bridgehead atoms. The van der Waals surface area contributed by atoms with Crippen molar-refractivity contribution >= 4 is 50.6 Å². The number of methoxy groups -OCH3 is 1. The molecule has 0 aliphatic heterocycles. The van der Waals surface area contributed by atoms with Crippen LogP contribution >= 0.6 is 23.1 Å².